The molecular formula is C22H22ClN3O4S. The van der Waals surface area contributed by atoms with Crippen molar-refractivity contribution >= 4 is 34.5 Å². The number of aromatic nitrogens is 2. The minimum Gasteiger partial charge on any atom is -0.485 e. The van der Waals surface area contributed by atoms with Crippen LogP contribution in [-0.4, -0.2) is 31.4 Å². The second-order valence-corrected chi connectivity index (χ2v) is 8.72. The van der Waals surface area contributed by atoms with Gasteiger partial charge in [-0.05, 0) is 57.0 Å². The zero-order valence-electron chi connectivity index (χ0n) is 17.5. The third-order valence-electron chi connectivity index (χ3n) is 4.37. The third kappa shape index (κ3) is 5.21. The van der Waals surface area contributed by atoms with Crippen molar-refractivity contribution in [2.24, 2.45) is 0 Å². The van der Waals surface area contributed by atoms with Crippen molar-refractivity contribution in [1.82, 2.24) is 9.97 Å². The van der Waals surface area contributed by atoms with Gasteiger partial charge in [0.15, 0.2) is 21.9 Å². The fourth-order valence-electron chi connectivity index (χ4n) is 3.05. The summed E-state index contributed by atoms with van der Waals surface area (Å²) < 4.78 is 21.4. The molecule has 31 heavy (non-hydrogen) atoms. The number of hydrogen-bond acceptors (Lipinski definition) is 5. The van der Waals surface area contributed by atoms with E-state index in [1.807, 2.05) is 45.9 Å². The van der Waals surface area contributed by atoms with E-state index in [9.17, 15) is 9.00 Å². The normalized spacial score (nSPS) is 11.9. The maximum Gasteiger partial charge on any atom is 0.335 e. The minimum atomic E-state index is -1.80. The first-order chi connectivity index (χ1) is 14.7. The number of rotatable bonds is 7. The van der Waals surface area contributed by atoms with Gasteiger partial charge in [0, 0.05) is 5.56 Å². The van der Waals surface area contributed by atoms with Crippen molar-refractivity contribution in [3.05, 3.63) is 64.3 Å². The van der Waals surface area contributed by atoms with Gasteiger partial charge in [-0.3, -0.25) is 4.72 Å². The zero-order chi connectivity index (χ0) is 22.7. The number of nitrogens with one attached hydrogen (secondary N) is 1. The predicted octanol–water partition coefficient (Wildman–Crippen LogP) is 5.03. The summed E-state index contributed by atoms with van der Waals surface area (Å²) in [6.07, 6.45) is -0.157. The van der Waals surface area contributed by atoms with Crippen LogP contribution in [0.25, 0.3) is 11.3 Å². The third-order valence-corrected chi connectivity index (χ3v) is 5.68. The van der Waals surface area contributed by atoms with Crippen molar-refractivity contribution < 1.29 is 18.8 Å². The molecule has 1 unspecified atom stereocenters. The Hall–Kier alpha value is -2.97. The molecule has 3 aromatic rings. The highest BCUT2D eigenvalue weighted by molar-refractivity contribution is 7.86. The molecule has 0 saturated carbocycles. The second-order valence-electron chi connectivity index (χ2n) is 7.15. The summed E-state index contributed by atoms with van der Waals surface area (Å²) >= 11 is 6.44. The summed E-state index contributed by atoms with van der Waals surface area (Å²) in [5.41, 5.74) is 3.32. The van der Waals surface area contributed by atoms with Crippen molar-refractivity contribution in [1.29, 1.82) is 0 Å². The molecule has 1 aromatic heterocycles. The predicted molar refractivity (Wildman–Crippen MR) is 121 cm³/mol. The smallest absolute Gasteiger partial charge is 0.335 e. The number of carboxylic acid groups (broad SMARTS) is 1. The summed E-state index contributed by atoms with van der Waals surface area (Å²) in [7, 11) is -1.80. The second kappa shape index (κ2) is 9.45. The van der Waals surface area contributed by atoms with Crippen molar-refractivity contribution in [3.63, 3.8) is 0 Å². The van der Waals surface area contributed by atoms with Crippen molar-refractivity contribution in [2.75, 3.05) is 4.72 Å². The van der Waals surface area contributed by atoms with Gasteiger partial charge in [0.2, 0.25) is 5.95 Å². The van der Waals surface area contributed by atoms with E-state index in [4.69, 9.17) is 21.4 Å². The maximum absolute atomic E-state index is 12.8. The summed E-state index contributed by atoms with van der Waals surface area (Å²) in [6.45, 7) is 7.67. The number of nitrogens with zero attached hydrogens (tertiary/aromatic N) is 2. The average Bonchev–Trinajstić information content (AvgIpc) is 2.70. The van der Waals surface area contributed by atoms with Crippen LogP contribution in [0, 0.1) is 13.8 Å². The van der Waals surface area contributed by atoms with Crippen LogP contribution in [0.15, 0.2) is 47.4 Å². The number of ether oxygens (including phenoxy) is 1. The Morgan fingerprint density at radius 3 is 2.39 bits per heavy atom. The fourth-order valence-corrected chi connectivity index (χ4v) is 4.08. The number of carboxylic acids is 1. The first-order valence-electron chi connectivity index (χ1n) is 9.50. The van der Waals surface area contributed by atoms with Gasteiger partial charge in [0.25, 0.3) is 0 Å². The van der Waals surface area contributed by atoms with E-state index in [1.54, 1.807) is 6.07 Å². The van der Waals surface area contributed by atoms with E-state index in [0.29, 0.717) is 11.4 Å². The monoisotopic (exact) mass is 459 g/mol. The number of aryl methyl sites for hydroxylation is 2. The van der Waals surface area contributed by atoms with Crippen LogP contribution in [0.2, 0.25) is 5.15 Å². The number of anilines is 1. The molecule has 0 spiro atoms. The maximum atomic E-state index is 12.8. The average molecular weight is 460 g/mol. The number of benzene rings is 2. The van der Waals surface area contributed by atoms with Gasteiger partial charge in [0.1, 0.15) is 5.69 Å². The number of hydrogen-bond donors (Lipinski definition) is 2. The molecule has 162 valence electrons. The Balaban J connectivity index is 2.06. The Morgan fingerprint density at radius 2 is 1.77 bits per heavy atom. The number of aromatic carboxylic acids is 1. The molecular weight excluding hydrogens is 438 g/mol. The highest BCUT2D eigenvalue weighted by Gasteiger charge is 2.21. The molecule has 0 radical (unpaired) electrons. The molecule has 3 rings (SSSR count). The lowest BCUT2D eigenvalue weighted by molar-refractivity contribution is 0.0696. The molecule has 0 fully saturated rings. The molecule has 1 heterocycles. The molecule has 2 aromatic carbocycles. The van der Waals surface area contributed by atoms with Gasteiger partial charge in [0.05, 0.1) is 16.6 Å². The van der Waals surface area contributed by atoms with Crippen LogP contribution in [-0.2, 0) is 11.0 Å². The molecule has 7 nitrogen and oxygen atoms in total. The molecule has 0 saturated heterocycles. The van der Waals surface area contributed by atoms with Gasteiger partial charge < -0.3 is 9.84 Å². The quantitative estimate of drug-likeness (QED) is 0.480. The van der Waals surface area contributed by atoms with E-state index < -0.39 is 17.0 Å². The number of halogens is 1. The van der Waals surface area contributed by atoms with Crippen LogP contribution in [0.3, 0.4) is 0 Å². The van der Waals surface area contributed by atoms with Gasteiger partial charge in [-0.1, -0.05) is 35.9 Å². The van der Waals surface area contributed by atoms with Crippen LogP contribution in [0.1, 0.15) is 35.3 Å². The number of carbonyl (C=O) groups is 1. The van der Waals surface area contributed by atoms with E-state index >= 15 is 0 Å². The van der Waals surface area contributed by atoms with Crippen molar-refractivity contribution in [3.8, 4) is 17.0 Å². The molecule has 0 aliphatic carbocycles. The van der Waals surface area contributed by atoms with E-state index in [0.717, 1.165) is 16.7 Å². The first-order valence-corrected chi connectivity index (χ1v) is 11.0. The molecule has 0 aliphatic rings. The minimum absolute atomic E-state index is 0.0310. The summed E-state index contributed by atoms with van der Waals surface area (Å²) in [6, 6.07) is 11.7. The summed E-state index contributed by atoms with van der Waals surface area (Å²) in [4.78, 5) is 20.2. The van der Waals surface area contributed by atoms with Crippen LogP contribution in [0.5, 0.6) is 5.75 Å². The molecule has 9 heteroatoms. The molecule has 0 bridgehead atoms. The van der Waals surface area contributed by atoms with Gasteiger partial charge >= 0.3 is 5.97 Å². The van der Waals surface area contributed by atoms with Crippen LogP contribution < -0.4 is 9.46 Å². The molecule has 0 aliphatic heterocycles. The summed E-state index contributed by atoms with van der Waals surface area (Å²) in [5, 5.41) is 9.24. The topological polar surface area (TPSA) is 101 Å². The van der Waals surface area contributed by atoms with E-state index in [-0.39, 0.29) is 27.7 Å². The lowest BCUT2D eigenvalue weighted by Gasteiger charge is -2.18. The zero-order valence-corrected chi connectivity index (χ0v) is 19.0. The molecule has 1 atom stereocenters. The van der Waals surface area contributed by atoms with E-state index in [1.165, 1.54) is 18.2 Å². The van der Waals surface area contributed by atoms with Gasteiger partial charge in [-0.2, -0.15) is 4.98 Å². The molecule has 2 N–H and O–H groups in total. The largest absolute Gasteiger partial charge is 0.485 e. The van der Waals surface area contributed by atoms with Crippen LogP contribution >= 0.6 is 11.6 Å². The lowest BCUT2D eigenvalue weighted by Crippen LogP contribution is -2.13. The SMILES string of the molecule is Cc1cccc(C)c1-c1nc(NS(=O)c2cccc(C(=O)O)c2)nc(Cl)c1OC(C)C. The van der Waals surface area contributed by atoms with Gasteiger partial charge in [-0.15, -0.1) is 0 Å². The first kappa shape index (κ1) is 22.7. The van der Waals surface area contributed by atoms with E-state index in [2.05, 4.69) is 14.7 Å². The lowest BCUT2D eigenvalue weighted by atomic mass is 9.99. The summed E-state index contributed by atoms with van der Waals surface area (Å²) in [5.74, 6) is -0.721. The Morgan fingerprint density at radius 1 is 1.13 bits per heavy atom. The Labute approximate surface area is 188 Å². The molecule has 0 amide bonds. The fraction of sp³-hybridized carbons (Fsp3) is 0.227. The Kier molecular flexibility index (Phi) is 6.92. The van der Waals surface area contributed by atoms with Gasteiger partial charge in [-0.25, -0.2) is 14.0 Å². The highest BCUT2D eigenvalue weighted by atomic mass is 35.5. The highest BCUT2D eigenvalue weighted by Crippen LogP contribution is 2.38. The Bertz CT molecular complexity index is 1150. The van der Waals surface area contributed by atoms with Crippen molar-refractivity contribution in [2.45, 2.75) is 38.7 Å². The van der Waals surface area contributed by atoms with Crippen LogP contribution in [0.4, 0.5) is 5.95 Å². The standard InChI is InChI=1S/C22H22ClN3O4S/c1-12(2)30-19-18(17-13(3)7-5-8-14(17)4)24-22(25-20(19)23)26-31(29)16-10-6-9-15(11-16)21(27)28/h5-12H,1-4H3,(H,27,28)(H,24,25,26).